The van der Waals surface area contributed by atoms with E-state index in [1.165, 1.54) is 7.11 Å². The van der Waals surface area contributed by atoms with Crippen LogP contribution in [-0.2, 0) is 11.3 Å². The van der Waals surface area contributed by atoms with Crippen LogP contribution >= 0.6 is 11.6 Å². The first-order valence-corrected chi connectivity index (χ1v) is 7.04. The Balaban J connectivity index is 2.01. The molecule has 1 unspecified atom stereocenters. The largest absolute Gasteiger partial charge is 0.453 e. The Kier molecular flexibility index (Phi) is 5.09. The minimum Gasteiger partial charge on any atom is -0.453 e. The molecule has 110 valence electrons. The number of carbonyl (C=O) groups is 1. The lowest BCUT2D eigenvalue weighted by Crippen LogP contribution is -2.37. The Bertz CT molecular complexity index is 481. The van der Waals surface area contributed by atoms with E-state index in [4.69, 9.17) is 11.6 Å². The van der Waals surface area contributed by atoms with Crippen LogP contribution in [-0.4, -0.2) is 39.4 Å². The third-order valence-electron chi connectivity index (χ3n) is 3.43. The number of carbonyl (C=O) groups excluding carboxylic acids is 1. The number of ether oxygens (including phenoxy) is 1. The minimum absolute atomic E-state index is 0.107. The topological polar surface area (TPSA) is 53.6 Å². The number of amides is 1. The maximum absolute atomic E-state index is 11.2. The van der Waals surface area contributed by atoms with Crippen LogP contribution < -0.4 is 15.5 Å². The highest BCUT2D eigenvalue weighted by Gasteiger charge is 2.25. The number of nitrogens with one attached hydrogen (secondary N) is 2. The van der Waals surface area contributed by atoms with Crippen molar-refractivity contribution in [3.8, 4) is 0 Å². The third-order valence-corrected chi connectivity index (χ3v) is 3.73. The molecule has 1 heterocycles. The Morgan fingerprint density at radius 3 is 3.00 bits per heavy atom. The third kappa shape index (κ3) is 3.55. The molecule has 1 aliphatic heterocycles. The van der Waals surface area contributed by atoms with Crippen LogP contribution in [0.25, 0.3) is 0 Å². The molecule has 0 spiro atoms. The van der Waals surface area contributed by atoms with Crippen molar-refractivity contribution in [1.82, 2.24) is 10.6 Å². The van der Waals surface area contributed by atoms with E-state index in [2.05, 4.69) is 26.3 Å². The maximum atomic E-state index is 11.2. The zero-order chi connectivity index (χ0) is 14.5. The number of rotatable bonds is 4. The van der Waals surface area contributed by atoms with Crippen molar-refractivity contribution < 1.29 is 9.53 Å². The molecule has 1 aromatic rings. The van der Waals surface area contributed by atoms with Crippen molar-refractivity contribution in [3.05, 3.63) is 28.8 Å². The van der Waals surface area contributed by atoms with Crippen LogP contribution in [0, 0.1) is 0 Å². The Labute approximate surface area is 124 Å². The minimum atomic E-state index is -0.382. The summed E-state index contributed by atoms with van der Waals surface area (Å²) in [5, 5.41) is 6.67. The predicted octanol–water partition coefficient (Wildman–Crippen LogP) is 1.99. The molecule has 0 aliphatic carbocycles. The van der Waals surface area contributed by atoms with Gasteiger partial charge in [-0.1, -0.05) is 17.7 Å². The van der Waals surface area contributed by atoms with Gasteiger partial charge in [-0.15, -0.1) is 0 Å². The van der Waals surface area contributed by atoms with Gasteiger partial charge in [0.05, 0.1) is 23.9 Å². The summed E-state index contributed by atoms with van der Waals surface area (Å²) in [6, 6.07) is 6.19. The van der Waals surface area contributed by atoms with E-state index in [1.807, 2.05) is 19.2 Å². The van der Waals surface area contributed by atoms with Gasteiger partial charge >= 0.3 is 6.09 Å². The van der Waals surface area contributed by atoms with Crippen molar-refractivity contribution in [2.45, 2.75) is 19.0 Å². The van der Waals surface area contributed by atoms with Gasteiger partial charge in [0.2, 0.25) is 0 Å². The Hall–Kier alpha value is -1.46. The summed E-state index contributed by atoms with van der Waals surface area (Å²) in [7, 11) is 3.28. The smallest absolute Gasteiger partial charge is 0.407 e. The fraction of sp³-hybridized carbons (Fsp3) is 0.500. The molecule has 1 saturated heterocycles. The lowest BCUT2D eigenvalue weighted by atomic mass is 10.2. The first kappa shape index (κ1) is 14.9. The summed E-state index contributed by atoms with van der Waals surface area (Å²) in [5.74, 6) is 0. The normalized spacial score (nSPS) is 18.1. The van der Waals surface area contributed by atoms with Gasteiger partial charge in [0.25, 0.3) is 0 Å². The molecule has 20 heavy (non-hydrogen) atoms. The molecule has 2 rings (SSSR count). The first-order chi connectivity index (χ1) is 9.63. The van der Waals surface area contributed by atoms with Gasteiger partial charge in [0.1, 0.15) is 0 Å². The van der Waals surface area contributed by atoms with E-state index in [9.17, 15) is 4.79 Å². The van der Waals surface area contributed by atoms with Crippen molar-refractivity contribution in [2.75, 3.05) is 32.1 Å². The van der Waals surface area contributed by atoms with Gasteiger partial charge in [-0.05, 0) is 31.2 Å². The molecule has 1 amide bonds. The van der Waals surface area contributed by atoms with Crippen LogP contribution in [0.1, 0.15) is 12.0 Å². The van der Waals surface area contributed by atoms with E-state index in [1.54, 1.807) is 0 Å². The van der Waals surface area contributed by atoms with Gasteiger partial charge in [-0.2, -0.15) is 0 Å². The van der Waals surface area contributed by atoms with Gasteiger partial charge in [0, 0.05) is 19.6 Å². The summed E-state index contributed by atoms with van der Waals surface area (Å²) in [5.41, 5.74) is 2.17. The Morgan fingerprint density at radius 1 is 1.55 bits per heavy atom. The van der Waals surface area contributed by atoms with Crippen LogP contribution in [0.2, 0.25) is 5.02 Å². The summed E-state index contributed by atoms with van der Waals surface area (Å²) < 4.78 is 4.62. The molecule has 0 bridgehead atoms. The maximum Gasteiger partial charge on any atom is 0.407 e. The molecule has 6 heteroatoms. The molecule has 0 radical (unpaired) electrons. The molecule has 5 nitrogen and oxygen atoms in total. The molecule has 1 fully saturated rings. The van der Waals surface area contributed by atoms with Gasteiger partial charge < -0.3 is 20.3 Å². The first-order valence-electron chi connectivity index (χ1n) is 6.66. The summed E-state index contributed by atoms with van der Waals surface area (Å²) in [6.45, 7) is 2.42. The predicted molar refractivity (Wildman–Crippen MR) is 80.4 cm³/mol. The molecule has 0 saturated carbocycles. The van der Waals surface area contributed by atoms with E-state index >= 15 is 0 Å². The highest BCUT2D eigenvalue weighted by atomic mass is 35.5. The monoisotopic (exact) mass is 297 g/mol. The zero-order valence-corrected chi connectivity index (χ0v) is 12.5. The Morgan fingerprint density at radius 2 is 2.35 bits per heavy atom. The molecular formula is C14H20ClN3O2. The molecule has 1 atom stereocenters. The average molecular weight is 298 g/mol. The quantitative estimate of drug-likeness (QED) is 0.892. The van der Waals surface area contributed by atoms with Crippen LogP contribution in [0.4, 0.5) is 10.5 Å². The number of nitrogens with zero attached hydrogens (tertiary/aromatic N) is 1. The van der Waals surface area contributed by atoms with Gasteiger partial charge in [0.15, 0.2) is 0 Å². The molecule has 1 aliphatic rings. The van der Waals surface area contributed by atoms with Crippen molar-refractivity contribution >= 4 is 23.4 Å². The highest BCUT2D eigenvalue weighted by Crippen LogP contribution is 2.29. The zero-order valence-electron chi connectivity index (χ0n) is 11.8. The van der Waals surface area contributed by atoms with Crippen LogP contribution in [0.5, 0.6) is 0 Å². The summed E-state index contributed by atoms with van der Waals surface area (Å²) >= 11 is 6.34. The molecule has 2 N–H and O–H groups in total. The number of hydrogen-bond donors (Lipinski definition) is 2. The van der Waals surface area contributed by atoms with Crippen LogP contribution in [0.15, 0.2) is 18.2 Å². The number of alkyl carbamates (subject to hydrolysis) is 1. The van der Waals surface area contributed by atoms with E-state index in [-0.39, 0.29) is 12.1 Å². The highest BCUT2D eigenvalue weighted by molar-refractivity contribution is 6.33. The fourth-order valence-electron chi connectivity index (χ4n) is 2.44. The van der Waals surface area contributed by atoms with Crippen molar-refractivity contribution in [2.24, 2.45) is 0 Å². The number of hydrogen-bond acceptors (Lipinski definition) is 4. The van der Waals surface area contributed by atoms with Crippen molar-refractivity contribution in [3.63, 3.8) is 0 Å². The SMILES string of the molecule is CNCc1ccc(N2CCC(NC(=O)OC)C2)c(Cl)c1. The van der Waals surface area contributed by atoms with Crippen molar-refractivity contribution in [1.29, 1.82) is 0 Å². The van der Waals surface area contributed by atoms with Crippen LogP contribution in [0.3, 0.4) is 0 Å². The molecule has 1 aromatic carbocycles. The second kappa shape index (κ2) is 6.81. The van der Waals surface area contributed by atoms with E-state index in [0.717, 1.165) is 42.3 Å². The average Bonchev–Trinajstić information content (AvgIpc) is 2.87. The number of anilines is 1. The summed E-state index contributed by atoms with van der Waals surface area (Å²) in [4.78, 5) is 13.4. The lowest BCUT2D eigenvalue weighted by Gasteiger charge is -2.20. The molecular weight excluding hydrogens is 278 g/mol. The lowest BCUT2D eigenvalue weighted by molar-refractivity contribution is 0.167. The molecule has 0 aromatic heterocycles. The van der Waals surface area contributed by atoms with Gasteiger partial charge in [-0.3, -0.25) is 0 Å². The van der Waals surface area contributed by atoms with E-state index < -0.39 is 0 Å². The number of halogens is 1. The second-order valence-electron chi connectivity index (χ2n) is 4.88. The van der Waals surface area contributed by atoms with E-state index in [0.29, 0.717) is 0 Å². The summed E-state index contributed by atoms with van der Waals surface area (Å²) in [6.07, 6.45) is 0.510. The number of benzene rings is 1. The fourth-order valence-corrected chi connectivity index (χ4v) is 2.77. The second-order valence-corrected chi connectivity index (χ2v) is 5.29. The number of methoxy groups -OCH3 is 1. The standard InChI is InChI=1S/C14H20ClN3O2/c1-16-8-10-3-4-13(12(15)7-10)18-6-5-11(9-18)17-14(19)20-2/h3-4,7,11,16H,5-6,8-9H2,1-2H3,(H,17,19). The van der Waals surface area contributed by atoms with Gasteiger partial charge in [-0.25, -0.2) is 4.79 Å².